The number of rotatable bonds is 13. The summed E-state index contributed by atoms with van der Waals surface area (Å²) < 4.78 is 65.7. The van der Waals surface area contributed by atoms with E-state index in [1.807, 2.05) is 0 Å². The van der Waals surface area contributed by atoms with Crippen molar-refractivity contribution in [1.82, 2.24) is 0 Å². The maximum atomic E-state index is 11.5. The third-order valence-corrected chi connectivity index (χ3v) is 8.40. The summed E-state index contributed by atoms with van der Waals surface area (Å²) >= 11 is 0. The molecular formula is C19H28N2Na2O6S2. The maximum Gasteiger partial charge on any atom is 1.00 e. The van der Waals surface area contributed by atoms with E-state index >= 15 is 0 Å². The van der Waals surface area contributed by atoms with Gasteiger partial charge >= 0.3 is 59.1 Å². The molecule has 0 spiro atoms. The molecule has 12 heteroatoms. The van der Waals surface area contributed by atoms with E-state index < -0.39 is 24.3 Å². The van der Waals surface area contributed by atoms with Gasteiger partial charge in [-0.2, -0.15) is 0 Å². The van der Waals surface area contributed by atoms with Crippen molar-refractivity contribution in [3.05, 3.63) is 23.9 Å². The van der Waals surface area contributed by atoms with Crippen LogP contribution in [0.1, 0.15) is 77.6 Å². The number of allylic oxidation sites excluding steroid dienone is 1. The number of aliphatic imine (C=N–C) groups is 2. The Kier molecular flexibility index (Phi) is 14.4. The van der Waals surface area contributed by atoms with Gasteiger partial charge in [0.15, 0.2) is 4.08 Å². The summed E-state index contributed by atoms with van der Waals surface area (Å²) in [5, 5.41) is 0. The van der Waals surface area contributed by atoms with E-state index in [0.717, 1.165) is 25.3 Å². The molecule has 0 aromatic heterocycles. The molecule has 0 saturated heterocycles. The van der Waals surface area contributed by atoms with Crippen molar-refractivity contribution in [3.8, 4) is 0 Å². The minimum Gasteiger partial charge on any atom is -0.746 e. The zero-order valence-electron chi connectivity index (χ0n) is 18.7. The fourth-order valence-electron chi connectivity index (χ4n) is 3.40. The summed E-state index contributed by atoms with van der Waals surface area (Å²) in [7, 11) is -11.0. The monoisotopic (exact) mass is 490 g/mol. The fourth-order valence-corrected chi connectivity index (χ4v) is 5.38. The van der Waals surface area contributed by atoms with Gasteiger partial charge in [0.2, 0.25) is 0 Å². The van der Waals surface area contributed by atoms with Crippen LogP contribution in [0.3, 0.4) is 0 Å². The Morgan fingerprint density at radius 1 is 0.806 bits per heavy atom. The molecule has 1 aliphatic heterocycles. The minimum atomic E-state index is -5.48. The predicted molar refractivity (Wildman–Crippen MR) is 111 cm³/mol. The molecule has 0 aromatic rings. The van der Waals surface area contributed by atoms with E-state index in [-0.39, 0.29) is 70.5 Å². The molecule has 8 nitrogen and oxygen atoms in total. The molecule has 0 amide bonds. The minimum absolute atomic E-state index is 0. The Bertz CT molecular complexity index is 893. The van der Waals surface area contributed by atoms with Crippen LogP contribution in [0.5, 0.6) is 0 Å². The molecule has 0 bridgehead atoms. The predicted octanol–water partition coefficient (Wildman–Crippen LogP) is -2.60. The van der Waals surface area contributed by atoms with Gasteiger partial charge in [0.1, 0.15) is 26.1 Å². The quantitative estimate of drug-likeness (QED) is 0.158. The molecule has 164 valence electrons. The smallest absolute Gasteiger partial charge is 0.746 e. The summed E-state index contributed by atoms with van der Waals surface area (Å²) in [6.45, 7) is 2.20. The van der Waals surface area contributed by atoms with Crippen LogP contribution in [0.4, 0.5) is 0 Å². The fraction of sp³-hybridized carbons (Fsp3) is 0.684. The summed E-state index contributed by atoms with van der Waals surface area (Å²) in [6, 6.07) is 0. The van der Waals surface area contributed by atoms with Crippen LogP contribution in [0, 0.1) is 0 Å². The molecule has 0 atom stereocenters. The Balaban J connectivity index is 0.00000450. The molecule has 0 unspecified atom stereocenters. The van der Waals surface area contributed by atoms with Gasteiger partial charge in [0.05, 0.1) is 11.4 Å². The van der Waals surface area contributed by atoms with Crippen LogP contribution in [-0.4, -0.2) is 41.6 Å². The Labute approximate surface area is 230 Å². The zero-order chi connectivity index (χ0) is 21.5. The van der Waals surface area contributed by atoms with Gasteiger partial charge in [-0.15, -0.1) is 0 Å². The second kappa shape index (κ2) is 14.1. The van der Waals surface area contributed by atoms with Gasteiger partial charge < -0.3 is 9.11 Å². The van der Waals surface area contributed by atoms with Gasteiger partial charge in [-0.3, -0.25) is 0 Å². The van der Waals surface area contributed by atoms with Crippen LogP contribution in [0.25, 0.3) is 0 Å². The van der Waals surface area contributed by atoms with Crippen molar-refractivity contribution < 1.29 is 85.1 Å². The van der Waals surface area contributed by atoms with E-state index in [2.05, 4.69) is 16.9 Å². The van der Waals surface area contributed by atoms with E-state index in [0.29, 0.717) is 24.4 Å². The van der Waals surface area contributed by atoms with E-state index in [9.17, 15) is 25.9 Å². The first-order chi connectivity index (χ1) is 13.6. The van der Waals surface area contributed by atoms with E-state index in [1.165, 1.54) is 44.9 Å². The maximum absolute atomic E-state index is 11.5. The van der Waals surface area contributed by atoms with Crippen LogP contribution in [-0.2, 0) is 20.2 Å². The topological polar surface area (TPSA) is 139 Å². The van der Waals surface area contributed by atoms with Crippen LogP contribution in [0.15, 0.2) is 33.9 Å². The SMILES string of the molecule is CCCCCCCCCCCCC1=NC2=CC(S(=O)(=O)[O-])(S(=O)(=O)[O-])C=CC2=N1.[Na+].[Na+]. The van der Waals surface area contributed by atoms with Gasteiger partial charge in [0, 0.05) is 6.42 Å². The molecule has 0 aromatic carbocycles. The first-order valence-corrected chi connectivity index (χ1v) is 12.9. The number of amidine groups is 1. The molecular weight excluding hydrogens is 462 g/mol. The van der Waals surface area contributed by atoms with E-state index in [1.54, 1.807) is 0 Å². The molecule has 1 heterocycles. The first-order valence-electron chi connectivity index (χ1n) is 10.1. The molecule has 0 fully saturated rings. The number of hydrogen-bond donors (Lipinski definition) is 0. The van der Waals surface area contributed by atoms with Crippen LogP contribution >= 0.6 is 0 Å². The average Bonchev–Trinajstić information content (AvgIpc) is 3.03. The summed E-state index contributed by atoms with van der Waals surface area (Å²) in [6.07, 6.45) is 14.7. The van der Waals surface area contributed by atoms with Crippen molar-refractivity contribution >= 4 is 31.8 Å². The third-order valence-electron chi connectivity index (χ3n) is 5.11. The largest absolute Gasteiger partial charge is 1.00 e. The summed E-state index contributed by atoms with van der Waals surface area (Å²) in [5.74, 6) is 0.442. The Morgan fingerprint density at radius 2 is 1.29 bits per heavy atom. The standard InChI is InChI=1S/C19H30N2O6S2.2Na/c1-2-3-4-5-6-7-8-9-10-11-12-18-20-16-13-14-19(28(22,23)24,29(25,26)27)15-17(16)21-18;;/h13-15H,2-12H2,1H3,(H,22,23,24)(H,25,26,27);;/q;2*+1/p-2. The van der Waals surface area contributed by atoms with Crippen molar-refractivity contribution in [2.45, 2.75) is 81.6 Å². The molecule has 0 N–H and O–H groups in total. The summed E-state index contributed by atoms with van der Waals surface area (Å²) in [5.41, 5.74) is 0.198. The van der Waals surface area contributed by atoms with Gasteiger partial charge in [-0.1, -0.05) is 64.7 Å². The van der Waals surface area contributed by atoms with Crippen molar-refractivity contribution in [2.75, 3.05) is 0 Å². The van der Waals surface area contributed by atoms with Crippen LogP contribution in [0.2, 0.25) is 0 Å². The first kappa shape index (κ1) is 31.6. The molecule has 31 heavy (non-hydrogen) atoms. The zero-order valence-corrected chi connectivity index (χ0v) is 24.3. The Hall–Kier alpha value is 0.640. The molecule has 2 aliphatic rings. The number of nitrogens with zero attached hydrogens (tertiary/aromatic N) is 2. The third kappa shape index (κ3) is 8.73. The van der Waals surface area contributed by atoms with Crippen molar-refractivity contribution in [3.63, 3.8) is 0 Å². The van der Waals surface area contributed by atoms with Gasteiger partial charge in [-0.25, -0.2) is 26.8 Å². The van der Waals surface area contributed by atoms with Crippen molar-refractivity contribution in [1.29, 1.82) is 0 Å². The van der Waals surface area contributed by atoms with Crippen LogP contribution < -0.4 is 59.1 Å². The second-order valence-electron chi connectivity index (χ2n) is 7.45. The van der Waals surface area contributed by atoms with Gasteiger partial charge in [-0.05, 0) is 24.6 Å². The average molecular weight is 491 g/mol. The molecule has 0 radical (unpaired) electrons. The molecule has 0 saturated carbocycles. The molecule has 1 aliphatic carbocycles. The molecule has 2 rings (SSSR count). The number of hydrogen-bond acceptors (Lipinski definition) is 8. The van der Waals surface area contributed by atoms with Crippen molar-refractivity contribution in [2.24, 2.45) is 9.98 Å². The number of unbranched alkanes of at least 4 members (excludes halogenated alkanes) is 9. The van der Waals surface area contributed by atoms with E-state index in [4.69, 9.17) is 0 Å². The van der Waals surface area contributed by atoms with Gasteiger partial charge in [0.25, 0.3) is 0 Å². The normalized spacial score (nSPS) is 17.1. The number of fused-ring (bicyclic) bond motifs is 1. The summed E-state index contributed by atoms with van der Waals surface area (Å²) in [4.78, 5) is 8.36. The second-order valence-corrected chi connectivity index (χ2v) is 10.9. The Morgan fingerprint density at radius 3 is 1.77 bits per heavy atom.